The van der Waals surface area contributed by atoms with Gasteiger partial charge in [0.1, 0.15) is 0 Å². The minimum Gasteiger partial charge on any atom is -0.354 e. The Labute approximate surface area is 101 Å². The molecule has 2 nitrogen and oxygen atoms in total. The van der Waals surface area contributed by atoms with E-state index in [-0.39, 0.29) is 28.7 Å². The molecule has 1 amide bonds. The van der Waals surface area contributed by atoms with Crippen molar-refractivity contribution in [2.24, 2.45) is 16.7 Å². The summed E-state index contributed by atoms with van der Waals surface area (Å²) in [4.78, 5) is 12.3. The molecule has 2 heteroatoms. The fourth-order valence-electron chi connectivity index (χ4n) is 2.49. The molecule has 0 heterocycles. The summed E-state index contributed by atoms with van der Waals surface area (Å²) in [6.45, 7) is 17.0. The van der Waals surface area contributed by atoms with E-state index in [9.17, 15) is 4.79 Å². The van der Waals surface area contributed by atoms with E-state index in [0.717, 1.165) is 6.42 Å². The lowest BCUT2D eigenvalue weighted by Crippen LogP contribution is -2.47. The van der Waals surface area contributed by atoms with Crippen LogP contribution < -0.4 is 5.32 Å². The molecular weight excluding hydrogens is 198 g/mol. The van der Waals surface area contributed by atoms with Crippen LogP contribution in [0.25, 0.3) is 0 Å². The molecule has 0 spiro atoms. The van der Waals surface area contributed by atoms with Crippen molar-refractivity contribution in [3.63, 3.8) is 0 Å². The fourth-order valence-corrected chi connectivity index (χ4v) is 2.49. The average molecular weight is 227 g/mol. The molecule has 1 unspecified atom stereocenters. The molecule has 0 aromatic carbocycles. The number of rotatable bonds is 4. The Hall–Kier alpha value is -0.530. The summed E-state index contributed by atoms with van der Waals surface area (Å²) in [5.74, 6) is 0.238. The standard InChI is InChI=1S/C14H29NO/c1-9-14(7,8)11(13(4,5)6)12(16)15-10(2)3/h10-11H,9H2,1-8H3,(H,15,16). The SMILES string of the molecule is CCC(C)(C)C(C(=O)NC(C)C)C(C)(C)C. The van der Waals surface area contributed by atoms with Gasteiger partial charge < -0.3 is 5.32 Å². The van der Waals surface area contributed by atoms with Gasteiger partial charge in [0.2, 0.25) is 5.91 Å². The predicted molar refractivity (Wildman–Crippen MR) is 70.3 cm³/mol. The number of nitrogens with one attached hydrogen (secondary N) is 1. The average Bonchev–Trinajstić information content (AvgIpc) is 1.98. The summed E-state index contributed by atoms with van der Waals surface area (Å²) < 4.78 is 0. The van der Waals surface area contributed by atoms with Crippen molar-refractivity contribution in [1.82, 2.24) is 5.32 Å². The Morgan fingerprint density at radius 1 is 1.12 bits per heavy atom. The van der Waals surface area contributed by atoms with E-state index >= 15 is 0 Å². The molecule has 96 valence electrons. The molecule has 0 aromatic rings. The molecule has 0 rings (SSSR count). The quantitative estimate of drug-likeness (QED) is 0.781. The topological polar surface area (TPSA) is 29.1 Å². The summed E-state index contributed by atoms with van der Waals surface area (Å²) in [6.07, 6.45) is 1.01. The van der Waals surface area contributed by atoms with E-state index in [1.165, 1.54) is 0 Å². The van der Waals surface area contributed by atoms with Gasteiger partial charge in [0.05, 0.1) is 0 Å². The van der Waals surface area contributed by atoms with Crippen LogP contribution in [-0.4, -0.2) is 11.9 Å². The van der Waals surface area contributed by atoms with Crippen molar-refractivity contribution < 1.29 is 4.79 Å². The lowest BCUT2D eigenvalue weighted by atomic mass is 9.64. The maximum absolute atomic E-state index is 12.3. The third-order valence-electron chi connectivity index (χ3n) is 3.25. The van der Waals surface area contributed by atoms with Crippen LogP contribution in [0.3, 0.4) is 0 Å². The van der Waals surface area contributed by atoms with Crippen LogP contribution in [0.15, 0.2) is 0 Å². The first-order valence-electron chi connectivity index (χ1n) is 6.32. The minimum atomic E-state index is -0.00150. The van der Waals surface area contributed by atoms with E-state index < -0.39 is 0 Å². The van der Waals surface area contributed by atoms with E-state index in [2.05, 4.69) is 46.9 Å². The molecular formula is C14H29NO. The van der Waals surface area contributed by atoms with E-state index in [1.54, 1.807) is 0 Å². The van der Waals surface area contributed by atoms with Crippen molar-refractivity contribution in [2.75, 3.05) is 0 Å². The third kappa shape index (κ3) is 4.15. The van der Waals surface area contributed by atoms with Crippen LogP contribution in [-0.2, 0) is 4.79 Å². The summed E-state index contributed by atoms with van der Waals surface area (Å²) in [5.41, 5.74) is 0.0374. The molecule has 0 bridgehead atoms. The van der Waals surface area contributed by atoms with Crippen LogP contribution in [0.5, 0.6) is 0 Å². The highest BCUT2D eigenvalue weighted by atomic mass is 16.2. The van der Waals surface area contributed by atoms with Gasteiger partial charge in [-0.25, -0.2) is 0 Å². The Morgan fingerprint density at radius 2 is 1.56 bits per heavy atom. The van der Waals surface area contributed by atoms with Crippen molar-refractivity contribution in [2.45, 2.75) is 67.9 Å². The first-order chi connectivity index (χ1) is 7.02. The van der Waals surface area contributed by atoms with Gasteiger partial charge in [-0.1, -0.05) is 48.0 Å². The molecule has 0 aliphatic heterocycles. The first kappa shape index (κ1) is 15.5. The Kier molecular flexibility index (Phi) is 5.03. The normalized spacial score (nSPS) is 15.1. The van der Waals surface area contributed by atoms with Crippen molar-refractivity contribution in [1.29, 1.82) is 0 Å². The lowest BCUT2D eigenvalue weighted by molar-refractivity contribution is -0.134. The number of carbonyl (C=O) groups is 1. The molecule has 0 radical (unpaired) electrons. The summed E-state index contributed by atoms with van der Waals surface area (Å²) in [5, 5.41) is 3.05. The molecule has 0 fully saturated rings. The highest BCUT2D eigenvalue weighted by molar-refractivity contribution is 5.80. The number of hydrogen-bond acceptors (Lipinski definition) is 1. The second-order valence-electron chi connectivity index (χ2n) is 6.80. The van der Waals surface area contributed by atoms with Crippen molar-refractivity contribution in [3.05, 3.63) is 0 Å². The predicted octanol–water partition coefficient (Wildman–Crippen LogP) is 3.61. The maximum Gasteiger partial charge on any atom is 0.224 e. The summed E-state index contributed by atoms with van der Waals surface area (Å²) in [6, 6.07) is 0.213. The Balaban J connectivity index is 5.05. The molecule has 1 N–H and O–H groups in total. The molecule has 0 saturated carbocycles. The van der Waals surface area contributed by atoms with E-state index in [1.807, 2.05) is 13.8 Å². The number of carbonyl (C=O) groups excluding carboxylic acids is 1. The van der Waals surface area contributed by atoms with Gasteiger partial charge in [0.15, 0.2) is 0 Å². The van der Waals surface area contributed by atoms with Gasteiger partial charge in [-0.2, -0.15) is 0 Å². The molecule has 0 aromatic heterocycles. The molecule has 1 atom stereocenters. The molecule has 0 aliphatic carbocycles. The van der Waals surface area contributed by atoms with Crippen LogP contribution >= 0.6 is 0 Å². The van der Waals surface area contributed by atoms with Gasteiger partial charge in [-0.15, -0.1) is 0 Å². The second-order valence-corrected chi connectivity index (χ2v) is 6.80. The minimum absolute atomic E-state index is 0.00150. The van der Waals surface area contributed by atoms with E-state index in [4.69, 9.17) is 0 Å². The highest BCUT2D eigenvalue weighted by Crippen LogP contribution is 2.42. The largest absolute Gasteiger partial charge is 0.354 e. The molecule has 16 heavy (non-hydrogen) atoms. The van der Waals surface area contributed by atoms with Crippen molar-refractivity contribution >= 4 is 5.91 Å². The van der Waals surface area contributed by atoms with Gasteiger partial charge in [-0.3, -0.25) is 4.79 Å². The zero-order valence-electron chi connectivity index (χ0n) is 12.3. The number of hydrogen-bond donors (Lipinski definition) is 1. The Bertz CT molecular complexity index is 236. The summed E-state index contributed by atoms with van der Waals surface area (Å²) in [7, 11) is 0. The molecule has 0 aliphatic rings. The van der Waals surface area contributed by atoms with Crippen LogP contribution in [0.2, 0.25) is 0 Å². The number of amides is 1. The smallest absolute Gasteiger partial charge is 0.224 e. The van der Waals surface area contributed by atoms with Gasteiger partial charge in [0, 0.05) is 12.0 Å². The first-order valence-corrected chi connectivity index (χ1v) is 6.32. The van der Waals surface area contributed by atoms with Gasteiger partial charge in [0.25, 0.3) is 0 Å². The van der Waals surface area contributed by atoms with Crippen LogP contribution in [0, 0.1) is 16.7 Å². The summed E-state index contributed by atoms with van der Waals surface area (Å²) >= 11 is 0. The van der Waals surface area contributed by atoms with Crippen LogP contribution in [0.1, 0.15) is 61.8 Å². The van der Waals surface area contributed by atoms with Crippen molar-refractivity contribution in [3.8, 4) is 0 Å². The second kappa shape index (κ2) is 5.20. The monoisotopic (exact) mass is 227 g/mol. The van der Waals surface area contributed by atoms with Crippen LogP contribution in [0.4, 0.5) is 0 Å². The Morgan fingerprint density at radius 3 is 1.81 bits per heavy atom. The van der Waals surface area contributed by atoms with Gasteiger partial charge >= 0.3 is 0 Å². The van der Waals surface area contributed by atoms with E-state index in [0.29, 0.717) is 0 Å². The zero-order valence-corrected chi connectivity index (χ0v) is 12.3. The van der Waals surface area contributed by atoms with Gasteiger partial charge in [-0.05, 0) is 24.7 Å². The highest BCUT2D eigenvalue weighted by Gasteiger charge is 2.41. The zero-order chi connectivity index (χ0) is 13.1. The third-order valence-corrected chi connectivity index (χ3v) is 3.25. The fraction of sp³-hybridized carbons (Fsp3) is 0.929. The molecule has 0 saturated heterocycles. The maximum atomic E-state index is 12.3. The lowest BCUT2D eigenvalue weighted by Gasteiger charge is -2.41.